The van der Waals surface area contributed by atoms with Crippen molar-refractivity contribution in [2.75, 3.05) is 18.8 Å². The number of fused-ring (bicyclic) bond motifs is 1. The number of hydrogen-bond donors (Lipinski definition) is 0. The molecule has 0 radical (unpaired) electrons. The monoisotopic (exact) mass is 316 g/mol. The molecule has 2 unspecified atom stereocenters. The Morgan fingerprint density at radius 1 is 1.27 bits per heavy atom. The Kier molecular flexibility index (Phi) is 4.09. The van der Waals surface area contributed by atoms with Crippen LogP contribution >= 0.6 is 11.8 Å². The van der Waals surface area contributed by atoms with E-state index in [0.717, 1.165) is 17.7 Å². The SMILES string of the molecule is CCN1CCCC1n1c(C2CCCCS2)nc2cccnc21. The molecule has 22 heavy (non-hydrogen) atoms. The highest BCUT2D eigenvalue weighted by molar-refractivity contribution is 7.99. The molecule has 0 aromatic carbocycles. The lowest BCUT2D eigenvalue weighted by Gasteiger charge is -2.29. The van der Waals surface area contributed by atoms with Crippen LogP contribution in [-0.2, 0) is 0 Å². The van der Waals surface area contributed by atoms with Crippen molar-refractivity contribution in [3.05, 3.63) is 24.2 Å². The molecule has 2 aromatic heterocycles. The van der Waals surface area contributed by atoms with Gasteiger partial charge in [0.05, 0.1) is 11.4 Å². The maximum absolute atomic E-state index is 5.00. The van der Waals surface area contributed by atoms with E-state index in [4.69, 9.17) is 4.98 Å². The predicted octanol–water partition coefficient (Wildman–Crippen LogP) is 4.00. The molecular formula is C17H24N4S. The topological polar surface area (TPSA) is 34.0 Å². The second-order valence-corrected chi connectivity index (χ2v) is 7.60. The second kappa shape index (κ2) is 6.20. The van der Waals surface area contributed by atoms with Gasteiger partial charge in [0.15, 0.2) is 5.65 Å². The van der Waals surface area contributed by atoms with Gasteiger partial charge >= 0.3 is 0 Å². The van der Waals surface area contributed by atoms with E-state index in [1.165, 1.54) is 50.2 Å². The second-order valence-electron chi connectivity index (χ2n) is 6.29. The minimum atomic E-state index is 0.447. The highest BCUT2D eigenvalue weighted by Gasteiger charge is 2.31. The van der Waals surface area contributed by atoms with Crippen molar-refractivity contribution in [1.82, 2.24) is 19.4 Å². The summed E-state index contributed by atoms with van der Waals surface area (Å²) in [7, 11) is 0. The number of rotatable bonds is 3. The predicted molar refractivity (Wildman–Crippen MR) is 92.1 cm³/mol. The molecule has 2 fully saturated rings. The maximum atomic E-state index is 5.00. The van der Waals surface area contributed by atoms with Crippen LogP contribution in [0.25, 0.3) is 11.2 Å². The average molecular weight is 316 g/mol. The third-order valence-corrected chi connectivity index (χ3v) is 6.35. The van der Waals surface area contributed by atoms with Crippen LogP contribution in [0.2, 0.25) is 0 Å². The highest BCUT2D eigenvalue weighted by Crippen LogP contribution is 2.41. The quantitative estimate of drug-likeness (QED) is 0.857. The Bertz CT molecular complexity index is 647. The summed E-state index contributed by atoms with van der Waals surface area (Å²) in [6.07, 6.45) is 8.79. The molecule has 2 aliphatic rings. The molecule has 2 aliphatic heterocycles. The third-order valence-electron chi connectivity index (χ3n) is 4.98. The molecule has 4 nitrogen and oxygen atoms in total. The normalized spacial score (nSPS) is 26.8. The summed E-state index contributed by atoms with van der Waals surface area (Å²) < 4.78 is 2.47. The van der Waals surface area contributed by atoms with Gasteiger partial charge in [-0.05, 0) is 50.1 Å². The zero-order valence-electron chi connectivity index (χ0n) is 13.2. The largest absolute Gasteiger partial charge is 0.295 e. The fraction of sp³-hybridized carbons (Fsp3) is 0.647. The molecule has 2 saturated heterocycles. The maximum Gasteiger partial charge on any atom is 0.161 e. The van der Waals surface area contributed by atoms with Crippen molar-refractivity contribution >= 4 is 22.9 Å². The summed E-state index contributed by atoms with van der Waals surface area (Å²) in [5, 5.41) is 0.544. The van der Waals surface area contributed by atoms with E-state index in [1.807, 2.05) is 12.3 Å². The molecule has 0 N–H and O–H groups in total. The summed E-state index contributed by atoms with van der Waals surface area (Å²) in [5.74, 6) is 2.53. The Morgan fingerprint density at radius 3 is 3.05 bits per heavy atom. The van der Waals surface area contributed by atoms with Gasteiger partial charge in [-0.2, -0.15) is 11.8 Å². The fourth-order valence-electron chi connectivity index (χ4n) is 3.88. The van der Waals surface area contributed by atoms with Crippen LogP contribution < -0.4 is 0 Å². The van der Waals surface area contributed by atoms with Crippen molar-refractivity contribution in [3.8, 4) is 0 Å². The van der Waals surface area contributed by atoms with Gasteiger partial charge < -0.3 is 0 Å². The van der Waals surface area contributed by atoms with Crippen molar-refractivity contribution in [3.63, 3.8) is 0 Å². The van der Waals surface area contributed by atoms with Gasteiger partial charge in [0.1, 0.15) is 11.3 Å². The standard InChI is InChI=1S/C17H24N4S/c1-2-20-11-6-9-15(20)21-16-13(7-5-10-18-16)19-17(21)14-8-3-4-12-22-14/h5,7,10,14-15H,2-4,6,8-9,11-12H2,1H3. The molecule has 0 amide bonds. The van der Waals surface area contributed by atoms with Gasteiger partial charge in [0, 0.05) is 12.7 Å². The number of imidazole rings is 1. The van der Waals surface area contributed by atoms with E-state index in [-0.39, 0.29) is 0 Å². The summed E-state index contributed by atoms with van der Waals surface area (Å²) in [5.41, 5.74) is 2.14. The van der Waals surface area contributed by atoms with Crippen LogP contribution in [-0.4, -0.2) is 38.3 Å². The number of likely N-dealkylation sites (tertiary alicyclic amines) is 1. The van der Waals surface area contributed by atoms with E-state index < -0.39 is 0 Å². The Labute approximate surface area is 136 Å². The Balaban J connectivity index is 1.82. The Hall–Kier alpha value is -1.07. The Morgan fingerprint density at radius 2 is 2.23 bits per heavy atom. The van der Waals surface area contributed by atoms with Gasteiger partial charge in [-0.25, -0.2) is 9.97 Å². The zero-order chi connectivity index (χ0) is 14.9. The van der Waals surface area contributed by atoms with Crippen LogP contribution in [0.1, 0.15) is 56.3 Å². The molecule has 4 heterocycles. The van der Waals surface area contributed by atoms with Crippen LogP contribution in [0, 0.1) is 0 Å². The molecule has 118 valence electrons. The average Bonchev–Trinajstić information content (AvgIpc) is 3.19. The highest BCUT2D eigenvalue weighted by atomic mass is 32.2. The molecule has 4 rings (SSSR count). The van der Waals surface area contributed by atoms with E-state index in [0.29, 0.717) is 11.4 Å². The van der Waals surface area contributed by atoms with Crippen LogP contribution in [0.3, 0.4) is 0 Å². The summed E-state index contributed by atoms with van der Waals surface area (Å²) >= 11 is 2.08. The van der Waals surface area contributed by atoms with Crippen molar-refractivity contribution in [2.45, 2.75) is 50.4 Å². The van der Waals surface area contributed by atoms with Crippen molar-refractivity contribution in [2.24, 2.45) is 0 Å². The summed E-state index contributed by atoms with van der Waals surface area (Å²) in [6.45, 7) is 4.57. The van der Waals surface area contributed by atoms with Crippen molar-refractivity contribution in [1.29, 1.82) is 0 Å². The lowest BCUT2D eigenvalue weighted by molar-refractivity contribution is 0.202. The summed E-state index contributed by atoms with van der Waals surface area (Å²) in [6, 6.07) is 4.12. The van der Waals surface area contributed by atoms with Gasteiger partial charge in [-0.1, -0.05) is 13.3 Å². The first-order chi connectivity index (χ1) is 10.9. The van der Waals surface area contributed by atoms with E-state index in [9.17, 15) is 0 Å². The van der Waals surface area contributed by atoms with Crippen LogP contribution in [0.15, 0.2) is 18.3 Å². The molecule has 5 heteroatoms. The van der Waals surface area contributed by atoms with Gasteiger partial charge in [0.25, 0.3) is 0 Å². The van der Waals surface area contributed by atoms with Gasteiger partial charge in [-0.3, -0.25) is 9.47 Å². The molecule has 2 atom stereocenters. The molecule has 0 aliphatic carbocycles. The van der Waals surface area contributed by atoms with Gasteiger partial charge in [0.2, 0.25) is 0 Å². The van der Waals surface area contributed by atoms with Crippen molar-refractivity contribution < 1.29 is 0 Å². The number of aromatic nitrogens is 3. The lowest BCUT2D eigenvalue weighted by Crippen LogP contribution is -2.29. The number of nitrogens with zero attached hydrogens (tertiary/aromatic N) is 4. The van der Waals surface area contributed by atoms with Crippen LogP contribution in [0.4, 0.5) is 0 Å². The van der Waals surface area contributed by atoms with Crippen LogP contribution in [0.5, 0.6) is 0 Å². The molecule has 0 spiro atoms. The molecular weight excluding hydrogens is 292 g/mol. The summed E-state index contributed by atoms with van der Waals surface area (Å²) in [4.78, 5) is 12.3. The van der Waals surface area contributed by atoms with E-state index >= 15 is 0 Å². The number of pyridine rings is 1. The van der Waals surface area contributed by atoms with E-state index in [2.05, 4.69) is 39.2 Å². The number of thioether (sulfide) groups is 1. The number of hydrogen-bond acceptors (Lipinski definition) is 4. The minimum absolute atomic E-state index is 0.447. The first kappa shape index (κ1) is 14.5. The molecule has 0 bridgehead atoms. The zero-order valence-corrected chi connectivity index (χ0v) is 14.1. The third kappa shape index (κ3) is 2.44. The molecule has 0 saturated carbocycles. The first-order valence-electron chi connectivity index (χ1n) is 8.57. The lowest BCUT2D eigenvalue weighted by atomic mass is 10.2. The smallest absolute Gasteiger partial charge is 0.161 e. The van der Waals surface area contributed by atoms with Gasteiger partial charge in [-0.15, -0.1) is 0 Å². The fourth-order valence-corrected chi connectivity index (χ4v) is 5.19. The minimum Gasteiger partial charge on any atom is -0.295 e. The van der Waals surface area contributed by atoms with E-state index in [1.54, 1.807) is 0 Å². The molecule has 2 aromatic rings. The first-order valence-corrected chi connectivity index (χ1v) is 9.62.